The van der Waals surface area contributed by atoms with E-state index in [0.717, 1.165) is 31.7 Å². The molecule has 0 heterocycles. The van der Waals surface area contributed by atoms with Gasteiger partial charge < -0.3 is 5.11 Å². The predicted octanol–water partition coefficient (Wildman–Crippen LogP) is 10.4. The highest BCUT2D eigenvalue weighted by atomic mass is 32.2. The number of halogens is 4. The van der Waals surface area contributed by atoms with Gasteiger partial charge in [0.25, 0.3) is 5.76 Å². The zero-order valence-electron chi connectivity index (χ0n) is 21.6. The number of unbranched alkanes of at least 4 members (excludes halogenated alkanes) is 7. The summed E-state index contributed by atoms with van der Waals surface area (Å²) in [7, 11) is 0. The molecule has 7 heteroatoms. The van der Waals surface area contributed by atoms with Crippen molar-refractivity contribution in [1.82, 2.24) is 0 Å². The van der Waals surface area contributed by atoms with Gasteiger partial charge in [0.1, 0.15) is 0 Å². The fourth-order valence-electron chi connectivity index (χ4n) is 5.66. The van der Waals surface area contributed by atoms with E-state index in [-0.39, 0.29) is 28.8 Å². The number of thioether (sulfide) groups is 1. The van der Waals surface area contributed by atoms with Crippen LogP contribution < -0.4 is 0 Å². The molecule has 0 amide bonds. The lowest BCUT2D eigenvalue weighted by atomic mass is 9.74. The maximum Gasteiger partial charge on any atom is 0.335 e. The lowest BCUT2D eigenvalue weighted by Crippen LogP contribution is -2.17. The molecule has 3 rings (SSSR count). The molecule has 2 nitrogen and oxygen atoms in total. The summed E-state index contributed by atoms with van der Waals surface area (Å²) < 4.78 is 55.1. The molecule has 1 aliphatic rings. The Morgan fingerprint density at radius 3 is 2.16 bits per heavy atom. The van der Waals surface area contributed by atoms with Crippen molar-refractivity contribution in [2.45, 2.75) is 107 Å². The Bertz CT molecular complexity index is 1020. The Morgan fingerprint density at radius 2 is 1.54 bits per heavy atom. The molecular formula is C30H38F4O2S. The fraction of sp³-hybridized carbons (Fsp3) is 0.567. The van der Waals surface area contributed by atoms with Crippen molar-refractivity contribution in [1.29, 1.82) is 0 Å². The Balaban J connectivity index is 1.69. The van der Waals surface area contributed by atoms with E-state index < -0.39 is 28.3 Å². The van der Waals surface area contributed by atoms with Crippen LogP contribution in [0.25, 0.3) is 11.1 Å². The zero-order chi connectivity index (χ0) is 26.8. The van der Waals surface area contributed by atoms with Crippen molar-refractivity contribution >= 4 is 17.7 Å². The number of rotatable bonds is 14. The number of hydrogen-bond donors (Lipinski definition) is 1. The molecule has 0 spiro atoms. The van der Waals surface area contributed by atoms with Gasteiger partial charge in [0.05, 0.1) is 10.5 Å². The van der Waals surface area contributed by atoms with Crippen LogP contribution in [0.5, 0.6) is 0 Å². The molecule has 37 heavy (non-hydrogen) atoms. The van der Waals surface area contributed by atoms with E-state index in [9.17, 15) is 23.1 Å². The summed E-state index contributed by atoms with van der Waals surface area (Å²) in [5, 5.41) is 9.87. The van der Waals surface area contributed by atoms with Gasteiger partial charge in [0.2, 0.25) is 0 Å². The molecule has 1 fully saturated rings. The lowest BCUT2D eigenvalue weighted by Gasteiger charge is -2.31. The second-order valence-electron chi connectivity index (χ2n) is 10.2. The first kappa shape index (κ1) is 29.5. The van der Waals surface area contributed by atoms with E-state index in [1.807, 2.05) is 0 Å². The molecule has 0 radical (unpaired) electrons. The van der Waals surface area contributed by atoms with Crippen LogP contribution in [0.3, 0.4) is 0 Å². The summed E-state index contributed by atoms with van der Waals surface area (Å²) in [6.45, 7) is 2.23. The normalized spacial score (nSPS) is 17.9. The number of benzene rings is 2. The van der Waals surface area contributed by atoms with Crippen molar-refractivity contribution in [2.24, 2.45) is 5.92 Å². The highest BCUT2D eigenvalue weighted by molar-refractivity contribution is 7.99. The maximum absolute atomic E-state index is 15.0. The minimum absolute atomic E-state index is 0.0453. The SMILES string of the molecule is CCCCCCCCCC[C@H]1CC[C@H](c2c(C(=O)O)cccc2-c2ccc(SC(F)F)c(F)c2F)CC1. The predicted molar refractivity (Wildman–Crippen MR) is 143 cm³/mol. The van der Waals surface area contributed by atoms with Crippen LogP contribution in [0, 0.1) is 17.6 Å². The summed E-state index contributed by atoms with van der Waals surface area (Å²) >= 11 is -0.0453. The number of aromatic carboxylic acids is 1. The van der Waals surface area contributed by atoms with E-state index in [0.29, 0.717) is 17.0 Å². The molecule has 1 aliphatic carbocycles. The molecule has 204 valence electrons. The molecular weight excluding hydrogens is 500 g/mol. The highest BCUT2D eigenvalue weighted by Gasteiger charge is 2.29. The molecule has 1 N–H and O–H groups in total. The van der Waals surface area contributed by atoms with Gasteiger partial charge in [0.15, 0.2) is 11.6 Å². The van der Waals surface area contributed by atoms with Gasteiger partial charge in [-0.1, -0.05) is 94.7 Å². The first-order chi connectivity index (χ1) is 17.8. The van der Waals surface area contributed by atoms with Crippen LogP contribution in [0.15, 0.2) is 35.2 Å². The van der Waals surface area contributed by atoms with Crippen LogP contribution in [0.2, 0.25) is 0 Å². The zero-order valence-corrected chi connectivity index (χ0v) is 22.4. The lowest BCUT2D eigenvalue weighted by molar-refractivity contribution is 0.0694. The minimum Gasteiger partial charge on any atom is -0.478 e. The maximum atomic E-state index is 15.0. The number of alkyl halides is 2. The van der Waals surface area contributed by atoms with Crippen molar-refractivity contribution < 1.29 is 27.5 Å². The minimum atomic E-state index is -2.87. The summed E-state index contributed by atoms with van der Waals surface area (Å²) in [6.07, 6.45) is 15.0. The van der Waals surface area contributed by atoms with Crippen molar-refractivity contribution in [2.75, 3.05) is 0 Å². The van der Waals surface area contributed by atoms with E-state index in [2.05, 4.69) is 6.92 Å². The van der Waals surface area contributed by atoms with E-state index >= 15 is 4.39 Å². The number of carboxylic acid groups (broad SMARTS) is 1. The second kappa shape index (κ2) is 14.8. The third-order valence-corrected chi connectivity index (χ3v) is 8.36. The Labute approximate surface area is 222 Å². The van der Waals surface area contributed by atoms with Gasteiger partial charge in [-0.3, -0.25) is 0 Å². The number of carbonyl (C=O) groups is 1. The van der Waals surface area contributed by atoms with Crippen molar-refractivity contribution in [3.8, 4) is 11.1 Å². The second-order valence-corrected chi connectivity index (χ2v) is 11.2. The molecule has 0 saturated heterocycles. The molecule has 0 aliphatic heterocycles. The van der Waals surface area contributed by atoms with Gasteiger partial charge in [-0.2, -0.15) is 8.78 Å². The van der Waals surface area contributed by atoms with Gasteiger partial charge in [-0.15, -0.1) is 0 Å². The van der Waals surface area contributed by atoms with Crippen LogP contribution in [0.4, 0.5) is 17.6 Å². The average molecular weight is 539 g/mol. The van der Waals surface area contributed by atoms with E-state index in [1.54, 1.807) is 6.07 Å². The average Bonchev–Trinajstić information content (AvgIpc) is 2.88. The van der Waals surface area contributed by atoms with E-state index in [4.69, 9.17) is 0 Å². The Kier molecular flexibility index (Phi) is 11.8. The largest absolute Gasteiger partial charge is 0.478 e. The van der Waals surface area contributed by atoms with Gasteiger partial charge in [-0.05, 0) is 60.8 Å². The smallest absolute Gasteiger partial charge is 0.335 e. The quantitative estimate of drug-likeness (QED) is 0.148. The first-order valence-electron chi connectivity index (χ1n) is 13.6. The standard InChI is InChI=1S/C30H38F4O2S/c1-2-3-4-5-6-7-8-9-11-20-14-16-21(17-15-20)26-22(12-10-13-24(26)29(35)36)23-18-19-25(37-30(33)34)28(32)27(23)31/h10,12-13,18-21,30H,2-9,11,14-17H2,1H3,(H,35,36)/t20-,21-. The molecule has 2 aromatic carbocycles. The van der Waals surface area contributed by atoms with Crippen molar-refractivity contribution in [3.05, 3.63) is 53.1 Å². The first-order valence-corrected chi connectivity index (χ1v) is 14.5. The molecule has 1 saturated carbocycles. The number of hydrogen-bond acceptors (Lipinski definition) is 2. The topological polar surface area (TPSA) is 37.3 Å². The van der Waals surface area contributed by atoms with Crippen LogP contribution >= 0.6 is 11.8 Å². The molecule has 0 aromatic heterocycles. The van der Waals surface area contributed by atoms with Gasteiger partial charge in [0, 0.05) is 5.56 Å². The fourth-order valence-corrected chi connectivity index (χ4v) is 6.19. The van der Waals surface area contributed by atoms with Gasteiger partial charge in [-0.25, -0.2) is 13.6 Å². The highest BCUT2D eigenvalue weighted by Crippen LogP contribution is 2.44. The monoisotopic (exact) mass is 538 g/mol. The van der Waals surface area contributed by atoms with Crippen LogP contribution in [-0.2, 0) is 0 Å². The van der Waals surface area contributed by atoms with Crippen LogP contribution in [-0.4, -0.2) is 16.8 Å². The molecule has 0 unspecified atom stereocenters. The van der Waals surface area contributed by atoms with Crippen LogP contribution in [0.1, 0.15) is 112 Å². The molecule has 0 bridgehead atoms. The third-order valence-electron chi connectivity index (χ3n) is 7.61. The molecule has 0 atom stereocenters. The number of carboxylic acids is 1. The summed E-state index contributed by atoms with van der Waals surface area (Å²) in [5.41, 5.74) is 0.856. The summed E-state index contributed by atoms with van der Waals surface area (Å²) in [4.78, 5) is 11.6. The van der Waals surface area contributed by atoms with Gasteiger partial charge >= 0.3 is 5.97 Å². The summed E-state index contributed by atoms with van der Waals surface area (Å²) in [5.74, 6) is -6.00. The Hall–Kier alpha value is -2.02. The Morgan fingerprint density at radius 1 is 0.892 bits per heavy atom. The third kappa shape index (κ3) is 8.23. The van der Waals surface area contributed by atoms with E-state index in [1.165, 1.54) is 76.0 Å². The van der Waals surface area contributed by atoms with Crippen molar-refractivity contribution in [3.63, 3.8) is 0 Å². The summed E-state index contributed by atoms with van der Waals surface area (Å²) in [6, 6.07) is 7.05. The molecule has 2 aromatic rings.